The molecule has 0 bridgehead atoms. The Kier molecular flexibility index (Phi) is 4.92. The lowest BCUT2D eigenvalue weighted by Gasteiger charge is -2.13. The van der Waals surface area contributed by atoms with Crippen LogP contribution in [-0.2, 0) is 11.2 Å². The minimum absolute atomic E-state index is 0.0669. The van der Waals surface area contributed by atoms with Crippen LogP contribution < -0.4 is 0 Å². The van der Waals surface area contributed by atoms with Gasteiger partial charge >= 0.3 is 0 Å². The van der Waals surface area contributed by atoms with Crippen molar-refractivity contribution in [2.24, 2.45) is 0 Å². The lowest BCUT2D eigenvalue weighted by Crippen LogP contribution is -1.93. The summed E-state index contributed by atoms with van der Waals surface area (Å²) in [6.07, 6.45) is 6.81. The smallest absolute Gasteiger partial charge is 0.152 e. The molecule has 3 rings (SSSR count). The van der Waals surface area contributed by atoms with Gasteiger partial charge in [0.25, 0.3) is 0 Å². The minimum Gasteiger partial charge on any atom is -0.295 e. The largest absolute Gasteiger partial charge is 0.295 e. The van der Waals surface area contributed by atoms with Gasteiger partial charge in [-0.05, 0) is 60.1 Å². The summed E-state index contributed by atoms with van der Waals surface area (Å²) in [6, 6.07) is 17.1. The van der Waals surface area contributed by atoms with Crippen LogP contribution in [-0.4, -0.2) is 5.78 Å². The van der Waals surface area contributed by atoms with Crippen LogP contribution in [0.15, 0.2) is 59.1 Å². The third kappa shape index (κ3) is 3.70. The molecular formula is C21H19BrO. The highest BCUT2D eigenvalue weighted by molar-refractivity contribution is 9.11. The number of hydrogen-bond acceptors (Lipinski definition) is 1. The second kappa shape index (κ2) is 7.10. The van der Waals surface area contributed by atoms with Crippen molar-refractivity contribution in [2.75, 3.05) is 0 Å². The van der Waals surface area contributed by atoms with E-state index in [1.54, 1.807) is 13.0 Å². The van der Waals surface area contributed by atoms with Gasteiger partial charge in [-0.2, -0.15) is 0 Å². The van der Waals surface area contributed by atoms with E-state index in [1.807, 2.05) is 6.08 Å². The van der Waals surface area contributed by atoms with E-state index < -0.39 is 0 Å². The molecule has 0 saturated carbocycles. The van der Waals surface area contributed by atoms with Crippen molar-refractivity contribution >= 4 is 33.4 Å². The quantitative estimate of drug-likeness (QED) is 0.629. The first kappa shape index (κ1) is 15.9. The predicted molar refractivity (Wildman–Crippen MR) is 100 cm³/mol. The van der Waals surface area contributed by atoms with Crippen molar-refractivity contribution in [1.29, 1.82) is 0 Å². The van der Waals surface area contributed by atoms with Gasteiger partial charge in [-0.3, -0.25) is 4.79 Å². The number of allylic oxidation sites excluding steroid dienone is 2. The van der Waals surface area contributed by atoms with Crippen LogP contribution in [0.3, 0.4) is 0 Å². The van der Waals surface area contributed by atoms with Gasteiger partial charge in [0.05, 0.1) is 0 Å². The van der Waals surface area contributed by atoms with Crippen molar-refractivity contribution in [2.45, 2.75) is 26.2 Å². The summed E-state index contributed by atoms with van der Waals surface area (Å²) in [5.74, 6) is 0.0669. The summed E-state index contributed by atoms with van der Waals surface area (Å²) in [5.41, 5.74) is 6.29. The number of halogens is 1. The van der Waals surface area contributed by atoms with Crippen LogP contribution in [0.2, 0.25) is 0 Å². The Morgan fingerprint density at radius 3 is 2.52 bits per heavy atom. The van der Waals surface area contributed by atoms with Crippen LogP contribution in [0.1, 0.15) is 42.0 Å². The maximum Gasteiger partial charge on any atom is 0.152 e. The molecule has 2 aromatic carbocycles. The number of carbonyl (C=O) groups is 1. The van der Waals surface area contributed by atoms with Gasteiger partial charge in [0.1, 0.15) is 0 Å². The normalized spacial score (nSPS) is 14.7. The zero-order valence-corrected chi connectivity index (χ0v) is 14.8. The number of rotatable bonds is 3. The molecule has 0 aromatic heterocycles. The fourth-order valence-corrected chi connectivity index (χ4v) is 3.70. The van der Waals surface area contributed by atoms with Gasteiger partial charge in [-0.1, -0.05) is 70.5 Å². The Labute approximate surface area is 145 Å². The van der Waals surface area contributed by atoms with Crippen molar-refractivity contribution in [3.05, 3.63) is 81.3 Å². The number of fused-ring (bicyclic) bond motifs is 1. The van der Waals surface area contributed by atoms with Crippen LogP contribution in [0.25, 0.3) is 11.6 Å². The molecular weight excluding hydrogens is 348 g/mol. The summed E-state index contributed by atoms with van der Waals surface area (Å²) in [4.78, 5) is 11.0. The van der Waals surface area contributed by atoms with Crippen LogP contribution >= 0.6 is 15.9 Å². The Morgan fingerprint density at radius 2 is 1.78 bits per heavy atom. The third-order valence-electron chi connectivity index (χ3n) is 4.11. The van der Waals surface area contributed by atoms with Gasteiger partial charge in [0.2, 0.25) is 0 Å². The molecule has 2 aromatic rings. The molecule has 0 amide bonds. The number of benzene rings is 2. The van der Waals surface area contributed by atoms with Gasteiger partial charge < -0.3 is 0 Å². The van der Waals surface area contributed by atoms with E-state index in [9.17, 15) is 4.79 Å². The fourth-order valence-electron chi connectivity index (χ4n) is 2.97. The SMILES string of the molecule is CC(=O)/C=C/c1ccc(C2=C(Br)CCCc3ccccc32)cc1. The highest BCUT2D eigenvalue weighted by Crippen LogP contribution is 2.37. The first-order valence-corrected chi connectivity index (χ1v) is 8.70. The number of ketones is 1. The number of aryl methyl sites for hydroxylation is 1. The van der Waals surface area contributed by atoms with Crippen LogP contribution in [0.5, 0.6) is 0 Å². The predicted octanol–water partition coefficient (Wildman–Crippen LogP) is 5.78. The van der Waals surface area contributed by atoms with E-state index in [-0.39, 0.29) is 5.78 Å². The average Bonchev–Trinajstić information content (AvgIpc) is 2.72. The number of carbonyl (C=O) groups excluding carboxylic acids is 1. The topological polar surface area (TPSA) is 17.1 Å². The molecule has 1 nitrogen and oxygen atoms in total. The molecule has 0 unspecified atom stereocenters. The van der Waals surface area contributed by atoms with Crippen molar-refractivity contribution < 1.29 is 4.79 Å². The monoisotopic (exact) mass is 366 g/mol. The molecule has 1 aliphatic rings. The standard InChI is InChI=1S/C21H19BrO/c1-15(23)9-10-16-11-13-18(14-12-16)21-19-7-3-2-5-17(19)6-4-8-20(21)22/h2-3,5,7,9-14H,4,6,8H2,1H3/b10-9+. The molecule has 0 aliphatic heterocycles. The van der Waals surface area contributed by atoms with Crippen molar-refractivity contribution in [3.63, 3.8) is 0 Å². The zero-order chi connectivity index (χ0) is 16.2. The summed E-state index contributed by atoms with van der Waals surface area (Å²) in [6.45, 7) is 1.56. The Hall–Kier alpha value is -1.93. The third-order valence-corrected chi connectivity index (χ3v) is 4.90. The summed E-state index contributed by atoms with van der Waals surface area (Å²) < 4.78 is 1.27. The van der Waals surface area contributed by atoms with E-state index in [0.29, 0.717) is 0 Å². The lowest BCUT2D eigenvalue weighted by molar-refractivity contribution is -0.112. The number of hydrogen-bond donors (Lipinski definition) is 0. The first-order chi connectivity index (χ1) is 11.1. The average molecular weight is 367 g/mol. The molecule has 0 heterocycles. The Morgan fingerprint density at radius 1 is 1.04 bits per heavy atom. The maximum absolute atomic E-state index is 11.0. The molecule has 116 valence electrons. The molecule has 0 N–H and O–H groups in total. The van der Waals surface area contributed by atoms with E-state index in [2.05, 4.69) is 64.5 Å². The first-order valence-electron chi connectivity index (χ1n) is 7.91. The Bertz CT molecular complexity index is 782. The summed E-state index contributed by atoms with van der Waals surface area (Å²) in [5, 5.41) is 0. The summed E-state index contributed by atoms with van der Waals surface area (Å²) in [7, 11) is 0. The van der Waals surface area contributed by atoms with E-state index in [0.717, 1.165) is 18.4 Å². The van der Waals surface area contributed by atoms with Crippen molar-refractivity contribution in [1.82, 2.24) is 0 Å². The lowest BCUT2D eigenvalue weighted by atomic mass is 9.93. The van der Waals surface area contributed by atoms with E-state index in [4.69, 9.17) is 0 Å². The fraction of sp³-hybridized carbons (Fsp3) is 0.190. The van der Waals surface area contributed by atoms with Crippen LogP contribution in [0, 0.1) is 0 Å². The molecule has 0 fully saturated rings. The van der Waals surface area contributed by atoms with Gasteiger partial charge in [0.15, 0.2) is 5.78 Å². The minimum atomic E-state index is 0.0669. The molecule has 0 radical (unpaired) electrons. The molecule has 23 heavy (non-hydrogen) atoms. The highest BCUT2D eigenvalue weighted by Gasteiger charge is 2.16. The molecule has 0 spiro atoms. The molecule has 1 aliphatic carbocycles. The van der Waals surface area contributed by atoms with Gasteiger partial charge in [0, 0.05) is 4.48 Å². The van der Waals surface area contributed by atoms with E-state index >= 15 is 0 Å². The van der Waals surface area contributed by atoms with E-state index in [1.165, 1.54) is 33.2 Å². The highest BCUT2D eigenvalue weighted by atomic mass is 79.9. The molecule has 2 heteroatoms. The van der Waals surface area contributed by atoms with Crippen molar-refractivity contribution in [3.8, 4) is 0 Å². The van der Waals surface area contributed by atoms with Crippen LogP contribution in [0.4, 0.5) is 0 Å². The molecule has 0 atom stereocenters. The molecule has 0 saturated heterocycles. The summed E-state index contributed by atoms with van der Waals surface area (Å²) >= 11 is 3.80. The second-order valence-electron chi connectivity index (χ2n) is 5.86. The maximum atomic E-state index is 11.0. The van der Waals surface area contributed by atoms with Gasteiger partial charge in [-0.25, -0.2) is 0 Å². The van der Waals surface area contributed by atoms with Gasteiger partial charge in [-0.15, -0.1) is 0 Å². The Balaban J connectivity index is 2.01. The second-order valence-corrected chi connectivity index (χ2v) is 6.81. The zero-order valence-electron chi connectivity index (χ0n) is 13.2.